The molecule has 0 bridgehead atoms. The van der Waals surface area contributed by atoms with Crippen molar-refractivity contribution in [3.63, 3.8) is 0 Å². The van der Waals surface area contributed by atoms with Crippen LogP contribution in [0.4, 0.5) is 5.69 Å². The Morgan fingerprint density at radius 1 is 1.33 bits per heavy atom. The molecular weight excluding hydrogens is 352 g/mol. The average Bonchev–Trinajstić information content (AvgIpc) is 3.05. The molecule has 0 atom stereocenters. The van der Waals surface area contributed by atoms with Crippen LogP contribution in [0.15, 0.2) is 35.4 Å². The van der Waals surface area contributed by atoms with E-state index in [9.17, 15) is 8.42 Å². The smallest absolute Gasteiger partial charge is 0.266 e. The quantitative estimate of drug-likeness (QED) is 0.719. The highest BCUT2D eigenvalue weighted by Crippen LogP contribution is 2.22. The number of rotatable bonds is 5. The lowest BCUT2D eigenvalue weighted by Gasteiger charge is -2.09. The number of halogens is 1. The first-order valence-corrected chi connectivity index (χ1v) is 8.90. The highest BCUT2D eigenvalue weighted by molar-refractivity contribution is 7.92. The van der Waals surface area contributed by atoms with Gasteiger partial charge in [0.15, 0.2) is 0 Å². The lowest BCUT2D eigenvalue weighted by atomic mass is 10.2. The second kappa shape index (κ2) is 6.25. The number of nitrogens with zero attached hydrogens (tertiary/aromatic N) is 4. The van der Waals surface area contributed by atoms with Gasteiger partial charge in [-0.2, -0.15) is 10.2 Å². The van der Waals surface area contributed by atoms with Crippen LogP contribution in [-0.4, -0.2) is 33.4 Å². The summed E-state index contributed by atoms with van der Waals surface area (Å²) in [5.74, 6) is 1.49. The van der Waals surface area contributed by atoms with Crippen molar-refractivity contribution in [2.24, 2.45) is 0 Å². The first-order valence-electron chi connectivity index (χ1n) is 7.04. The van der Waals surface area contributed by atoms with E-state index in [1.54, 1.807) is 22.9 Å². The maximum Gasteiger partial charge on any atom is 0.266 e. The Kier molecular flexibility index (Phi) is 4.29. The zero-order valence-electron chi connectivity index (χ0n) is 13.0. The van der Waals surface area contributed by atoms with Crippen molar-refractivity contribution in [3.8, 4) is 0 Å². The van der Waals surface area contributed by atoms with E-state index in [0.717, 1.165) is 17.6 Å². The van der Waals surface area contributed by atoms with Gasteiger partial charge in [-0.25, -0.2) is 18.1 Å². The van der Waals surface area contributed by atoms with E-state index in [1.807, 2.05) is 19.9 Å². The van der Waals surface area contributed by atoms with Gasteiger partial charge in [0, 0.05) is 5.69 Å². The Bertz CT molecular complexity index is 979. The molecule has 10 heteroatoms. The summed E-state index contributed by atoms with van der Waals surface area (Å²) in [6.45, 7) is 4.19. The molecule has 1 aromatic carbocycles. The van der Waals surface area contributed by atoms with Crippen LogP contribution >= 0.6 is 11.6 Å². The number of aryl methyl sites for hydroxylation is 2. The topological polar surface area (TPSA) is 106 Å². The van der Waals surface area contributed by atoms with E-state index in [-0.39, 0.29) is 10.0 Å². The molecular formula is C14H15ClN6O2S. The molecule has 0 spiro atoms. The van der Waals surface area contributed by atoms with Crippen molar-refractivity contribution >= 4 is 27.3 Å². The second-order valence-electron chi connectivity index (χ2n) is 5.22. The third-order valence-corrected chi connectivity index (χ3v) is 5.12. The fourth-order valence-electron chi connectivity index (χ4n) is 2.27. The standard InChI is InChI=1S/C14H15ClN6O2S/c1-9-17-10(2)21(19-9)8-11-4-3-5-12(6-11)20-24(22,23)13-7-16-18-14(13)15/h3-7,20H,8H2,1-2H3,(H,16,18). The van der Waals surface area contributed by atoms with E-state index < -0.39 is 10.0 Å². The van der Waals surface area contributed by atoms with Crippen molar-refractivity contribution in [1.82, 2.24) is 25.0 Å². The summed E-state index contributed by atoms with van der Waals surface area (Å²) in [5.41, 5.74) is 1.32. The average molecular weight is 367 g/mol. The summed E-state index contributed by atoms with van der Waals surface area (Å²) in [5, 5.41) is 10.3. The Hall–Kier alpha value is -2.39. The fraction of sp³-hybridized carbons (Fsp3) is 0.214. The van der Waals surface area contributed by atoms with Crippen molar-refractivity contribution in [3.05, 3.63) is 52.8 Å². The molecule has 0 saturated heterocycles. The van der Waals surface area contributed by atoms with E-state index in [2.05, 4.69) is 25.0 Å². The van der Waals surface area contributed by atoms with Gasteiger partial charge in [-0.05, 0) is 31.5 Å². The molecule has 0 aliphatic rings. The lowest BCUT2D eigenvalue weighted by molar-refractivity contribution is 0.601. The number of hydrogen-bond donors (Lipinski definition) is 2. The molecule has 0 amide bonds. The Morgan fingerprint density at radius 3 is 2.75 bits per heavy atom. The normalized spacial score (nSPS) is 11.6. The number of hydrogen-bond acceptors (Lipinski definition) is 5. The van der Waals surface area contributed by atoms with Crippen LogP contribution in [0.25, 0.3) is 0 Å². The predicted molar refractivity (Wildman–Crippen MR) is 89.4 cm³/mol. The van der Waals surface area contributed by atoms with Crippen LogP contribution < -0.4 is 4.72 Å². The van der Waals surface area contributed by atoms with Gasteiger partial charge in [-0.1, -0.05) is 23.7 Å². The van der Waals surface area contributed by atoms with Gasteiger partial charge in [0.2, 0.25) is 0 Å². The Labute approximate surface area is 143 Å². The van der Waals surface area contributed by atoms with Gasteiger partial charge >= 0.3 is 0 Å². The zero-order valence-corrected chi connectivity index (χ0v) is 14.6. The van der Waals surface area contributed by atoms with Gasteiger partial charge in [-0.3, -0.25) is 9.82 Å². The summed E-state index contributed by atoms with van der Waals surface area (Å²) < 4.78 is 28.9. The van der Waals surface area contributed by atoms with E-state index in [4.69, 9.17) is 11.6 Å². The molecule has 0 radical (unpaired) electrons. The fourth-order valence-corrected chi connectivity index (χ4v) is 3.70. The monoisotopic (exact) mass is 366 g/mol. The van der Waals surface area contributed by atoms with Crippen LogP contribution in [0.5, 0.6) is 0 Å². The van der Waals surface area contributed by atoms with Gasteiger partial charge < -0.3 is 0 Å². The van der Waals surface area contributed by atoms with Gasteiger partial charge in [0.05, 0.1) is 12.7 Å². The van der Waals surface area contributed by atoms with Crippen LogP contribution in [0, 0.1) is 13.8 Å². The molecule has 3 aromatic rings. The summed E-state index contributed by atoms with van der Waals surface area (Å²) in [6.07, 6.45) is 1.16. The highest BCUT2D eigenvalue weighted by Gasteiger charge is 2.20. The van der Waals surface area contributed by atoms with Crippen molar-refractivity contribution in [2.45, 2.75) is 25.3 Å². The van der Waals surface area contributed by atoms with E-state index in [0.29, 0.717) is 18.1 Å². The number of benzene rings is 1. The van der Waals surface area contributed by atoms with Gasteiger partial charge in [0.25, 0.3) is 10.0 Å². The SMILES string of the molecule is Cc1nc(C)n(Cc2cccc(NS(=O)(=O)c3cn[nH]c3Cl)c2)n1. The molecule has 0 unspecified atom stereocenters. The Morgan fingerprint density at radius 2 is 2.12 bits per heavy atom. The van der Waals surface area contributed by atoms with Crippen molar-refractivity contribution in [1.29, 1.82) is 0 Å². The molecule has 8 nitrogen and oxygen atoms in total. The molecule has 0 fully saturated rings. The third-order valence-electron chi connectivity index (χ3n) is 3.32. The van der Waals surface area contributed by atoms with Crippen molar-refractivity contribution < 1.29 is 8.42 Å². The molecule has 126 valence electrons. The second-order valence-corrected chi connectivity index (χ2v) is 7.25. The minimum absolute atomic E-state index is 0.0348. The van der Waals surface area contributed by atoms with Gasteiger partial charge in [0.1, 0.15) is 21.7 Å². The number of H-pyrrole nitrogens is 1. The van der Waals surface area contributed by atoms with Crippen LogP contribution in [0.2, 0.25) is 5.15 Å². The van der Waals surface area contributed by atoms with E-state index >= 15 is 0 Å². The van der Waals surface area contributed by atoms with Crippen LogP contribution in [-0.2, 0) is 16.6 Å². The molecule has 2 heterocycles. The zero-order chi connectivity index (χ0) is 17.3. The number of sulfonamides is 1. The molecule has 3 rings (SSSR count). The first kappa shape index (κ1) is 16.5. The Balaban J connectivity index is 1.83. The number of aromatic amines is 1. The molecule has 2 N–H and O–H groups in total. The number of aromatic nitrogens is 5. The van der Waals surface area contributed by atoms with E-state index in [1.165, 1.54) is 0 Å². The maximum atomic E-state index is 12.3. The highest BCUT2D eigenvalue weighted by atomic mass is 35.5. The predicted octanol–water partition coefficient (Wildman–Crippen LogP) is 2.12. The largest absolute Gasteiger partial charge is 0.279 e. The molecule has 0 aliphatic carbocycles. The number of anilines is 1. The third kappa shape index (κ3) is 3.41. The van der Waals surface area contributed by atoms with Crippen LogP contribution in [0.1, 0.15) is 17.2 Å². The summed E-state index contributed by atoms with van der Waals surface area (Å²) in [7, 11) is -3.80. The summed E-state index contributed by atoms with van der Waals surface area (Å²) in [6, 6.07) is 7.05. The minimum Gasteiger partial charge on any atom is -0.279 e. The molecule has 24 heavy (non-hydrogen) atoms. The summed E-state index contributed by atoms with van der Waals surface area (Å²) >= 11 is 5.79. The molecule has 2 aromatic heterocycles. The van der Waals surface area contributed by atoms with Crippen molar-refractivity contribution in [2.75, 3.05) is 4.72 Å². The minimum atomic E-state index is -3.80. The molecule has 0 aliphatic heterocycles. The van der Waals surface area contributed by atoms with Gasteiger partial charge in [-0.15, -0.1) is 0 Å². The maximum absolute atomic E-state index is 12.3. The number of nitrogens with one attached hydrogen (secondary N) is 2. The van der Waals surface area contributed by atoms with Crippen LogP contribution in [0.3, 0.4) is 0 Å². The first-order chi connectivity index (χ1) is 11.3. The lowest BCUT2D eigenvalue weighted by Crippen LogP contribution is -2.13. The summed E-state index contributed by atoms with van der Waals surface area (Å²) in [4.78, 5) is 4.15. The molecule has 0 saturated carbocycles.